The molecular weight excluding hydrogens is 324 g/mol. The molecule has 0 saturated heterocycles. The van der Waals surface area contributed by atoms with Crippen LogP contribution in [0.5, 0.6) is 5.75 Å². The molecule has 1 amide bonds. The van der Waals surface area contributed by atoms with Gasteiger partial charge in [0.1, 0.15) is 5.75 Å². The Balaban J connectivity index is 1.80. The summed E-state index contributed by atoms with van der Waals surface area (Å²) < 4.78 is 5.78. The summed E-state index contributed by atoms with van der Waals surface area (Å²) in [6.07, 6.45) is 4.75. The fourth-order valence-electron chi connectivity index (χ4n) is 2.68. The molecule has 0 aliphatic carbocycles. The number of unbranched alkanes of at least 4 members (excludes halogenated alkanes) is 3. The molecule has 0 fully saturated rings. The number of amides is 1. The maximum atomic E-state index is 12.2. The van der Waals surface area contributed by atoms with E-state index in [0.29, 0.717) is 0 Å². The Morgan fingerprint density at radius 1 is 1.04 bits per heavy atom. The average molecular weight is 354 g/mol. The highest BCUT2D eigenvalue weighted by molar-refractivity contribution is 5.94. The Morgan fingerprint density at radius 3 is 2.65 bits per heavy atom. The molecule has 2 aromatic rings. The summed E-state index contributed by atoms with van der Waals surface area (Å²) in [7, 11) is 0. The second kappa shape index (κ2) is 10.5. The van der Waals surface area contributed by atoms with E-state index in [4.69, 9.17) is 4.74 Å². The standard InChI is InChI=1S/C22H30N2O2/c1-4-5-6-7-14-26-20-12-9-11-19(15-20)23-16-22(25)24-21-13-8-10-17(2)18(21)3/h8-13,15,23H,4-7,14,16H2,1-3H3,(H,24,25). The third-order valence-electron chi connectivity index (χ3n) is 4.43. The largest absolute Gasteiger partial charge is 0.494 e. The van der Waals surface area contributed by atoms with E-state index in [1.54, 1.807) is 0 Å². The summed E-state index contributed by atoms with van der Waals surface area (Å²) in [5.41, 5.74) is 4.01. The first-order valence-electron chi connectivity index (χ1n) is 9.43. The van der Waals surface area contributed by atoms with E-state index in [-0.39, 0.29) is 12.5 Å². The van der Waals surface area contributed by atoms with Gasteiger partial charge in [-0.15, -0.1) is 0 Å². The second-order valence-corrected chi connectivity index (χ2v) is 6.59. The van der Waals surface area contributed by atoms with Crippen molar-refractivity contribution in [2.45, 2.75) is 46.5 Å². The first-order valence-corrected chi connectivity index (χ1v) is 9.43. The molecule has 2 rings (SSSR count). The van der Waals surface area contributed by atoms with Crippen LogP contribution in [0.15, 0.2) is 42.5 Å². The van der Waals surface area contributed by atoms with Crippen LogP contribution in [0.25, 0.3) is 0 Å². The molecule has 0 unspecified atom stereocenters. The Hall–Kier alpha value is -2.49. The smallest absolute Gasteiger partial charge is 0.243 e. The van der Waals surface area contributed by atoms with Crippen molar-refractivity contribution in [1.29, 1.82) is 0 Å². The molecule has 0 heterocycles. The molecule has 2 aromatic carbocycles. The first kappa shape index (κ1) is 19.8. The van der Waals surface area contributed by atoms with Gasteiger partial charge in [-0.05, 0) is 49.6 Å². The van der Waals surface area contributed by atoms with Gasteiger partial charge in [-0.1, -0.05) is 44.4 Å². The van der Waals surface area contributed by atoms with Crippen LogP contribution in [-0.4, -0.2) is 19.1 Å². The van der Waals surface area contributed by atoms with Crippen LogP contribution in [0.1, 0.15) is 43.7 Å². The van der Waals surface area contributed by atoms with Crippen LogP contribution in [-0.2, 0) is 4.79 Å². The van der Waals surface area contributed by atoms with Crippen molar-refractivity contribution in [3.05, 3.63) is 53.6 Å². The SMILES string of the molecule is CCCCCCOc1cccc(NCC(=O)Nc2cccc(C)c2C)c1. The molecule has 26 heavy (non-hydrogen) atoms. The third kappa shape index (κ3) is 6.43. The van der Waals surface area contributed by atoms with Crippen molar-refractivity contribution in [1.82, 2.24) is 0 Å². The Morgan fingerprint density at radius 2 is 1.85 bits per heavy atom. The van der Waals surface area contributed by atoms with Crippen LogP contribution >= 0.6 is 0 Å². The van der Waals surface area contributed by atoms with Crippen molar-refractivity contribution >= 4 is 17.3 Å². The average Bonchev–Trinajstić information content (AvgIpc) is 2.64. The number of hydrogen-bond acceptors (Lipinski definition) is 3. The fraction of sp³-hybridized carbons (Fsp3) is 0.409. The lowest BCUT2D eigenvalue weighted by Gasteiger charge is -2.12. The van der Waals surface area contributed by atoms with Crippen molar-refractivity contribution in [2.24, 2.45) is 0 Å². The van der Waals surface area contributed by atoms with Gasteiger partial charge in [0.15, 0.2) is 0 Å². The van der Waals surface area contributed by atoms with Crippen LogP contribution in [0, 0.1) is 13.8 Å². The van der Waals surface area contributed by atoms with Crippen molar-refractivity contribution in [3.8, 4) is 5.75 Å². The number of ether oxygens (including phenoxy) is 1. The summed E-state index contributed by atoms with van der Waals surface area (Å²) in [4.78, 5) is 12.2. The van der Waals surface area contributed by atoms with Crippen LogP contribution in [0.3, 0.4) is 0 Å². The van der Waals surface area contributed by atoms with Gasteiger partial charge in [0, 0.05) is 17.4 Å². The summed E-state index contributed by atoms with van der Waals surface area (Å²) in [6.45, 7) is 7.20. The fourth-order valence-corrected chi connectivity index (χ4v) is 2.68. The monoisotopic (exact) mass is 354 g/mol. The topological polar surface area (TPSA) is 50.4 Å². The van der Waals surface area contributed by atoms with Gasteiger partial charge in [-0.25, -0.2) is 0 Å². The molecule has 140 valence electrons. The molecule has 0 radical (unpaired) electrons. The molecule has 4 nitrogen and oxygen atoms in total. The van der Waals surface area contributed by atoms with Crippen LogP contribution < -0.4 is 15.4 Å². The van der Waals surface area contributed by atoms with E-state index >= 15 is 0 Å². The molecule has 0 saturated carbocycles. The van der Waals surface area contributed by atoms with E-state index in [0.717, 1.165) is 35.7 Å². The number of hydrogen-bond donors (Lipinski definition) is 2. The maximum absolute atomic E-state index is 12.2. The zero-order chi connectivity index (χ0) is 18.8. The molecule has 0 atom stereocenters. The summed E-state index contributed by atoms with van der Waals surface area (Å²) in [5, 5.41) is 6.11. The number of aryl methyl sites for hydroxylation is 1. The van der Waals surface area contributed by atoms with Gasteiger partial charge in [0.25, 0.3) is 0 Å². The predicted octanol–water partition coefficient (Wildman–Crippen LogP) is 5.31. The van der Waals surface area contributed by atoms with E-state index in [1.165, 1.54) is 24.8 Å². The number of carbonyl (C=O) groups is 1. The predicted molar refractivity (Wildman–Crippen MR) is 109 cm³/mol. The lowest BCUT2D eigenvalue weighted by Crippen LogP contribution is -2.22. The Labute approximate surface area is 157 Å². The molecule has 0 spiro atoms. The zero-order valence-electron chi connectivity index (χ0n) is 16.1. The molecule has 0 aliphatic rings. The van der Waals surface area contributed by atoms with Crippen molar-refractivity contribution < 1.29 is 9.53 Å². The molecule has 4 heteroatoms. The molecule has 0 bridgehead atoms. The number of benzene rings is 2. The highest BCUT2D eigenvalue weighted by atomic mass is 16.5. The Kier molecular flexibility index (Phi) is 8.00. The molecule has 0 aromatic heterocycles. The minimum absolute atomic E-state index is 0.0652. The summed E-state index contributed by atoms with van der Waals surface area (Å²) >= 11 is 0. The quantitative estimate of drug-likeness (QED) is 0.568. The lowest BCUT2D eigenvalue weighted by molar-refractivity contribution is -0.114. The van der Waals surface area contributed by atoms with Crippen LogP contribution in [0.4, 0.5) is 11.4 Å². The molecule has 2 N–H and O–H groups in total. The zero-order valence-corrected chi connectivity index (χ0v) is 16.1. The number of carbonyl (C=O) groups excluding carboxylic acids is 1. The normalized spacial score (nSPS) is 10.4. The van der Waals surface area contributed by atoms with Crippen molar-refractivity contribution in [3.63, 3.8) is 0 Å². The van der Waals surface area contributed by atoms with Gasteiger partial charge >= 0.3 is 0 Å². The van der Waals surface area contributed by atoms with Gasteiger partial charge < -0.3 is 15.4 Å². The molecular formula is C22H30N2O2. The lowest BCUT2D eigenvalue weighted by atomic mass is 10.1. The van der Waals surface area contributed by atoms with E-state index in [1.807, 2.05) is 56.3 Å². The van der Waals surface area contributed by atoms with Crippen LogP contribution in [0.2, 0.25) is 0 Å². The van der Waals surface area contributed by atoms with E-state index < -0.39 is 0 Å². The maximum Gasteiger partial charge on any atom is 0.243 e. The first-order chi connectivity index (χ1) is 12.6. The van der Waals surface area contributed by atoms with E-state index in [9.17, 15) is 4.79 Å². The summed E-state index contributed by atoms with van der Waals surface area (Å²) in [6, 6.07) is 13.7. The van der Waals surface area contributed by atoms with E-state index in [2.05, 4.69) is 17.6 Å². The second-order valence-electron chi connectivity index (χ2n) is 6.59. The third-order valence-corrected chi connectivity index (χ3v) is 4.43. The van der Waals surface area contributed by atoms with Gasteiger partial charge in [0.05, 0.1) is 13.2 Å². The van der Waals surface area contributed by atoms with Gasteiger partial charge in [-0.3, -0.25) is 4.79 Å². The highest BCUT2D eigenvalue weighted by Gasteiger charge is 2.06. The summed E-state index contributed by atoms with van der Waals surface area (Å²) in [5.74, 6) is 0.769. The number of rotatable bonds is 10. The Bertz CT molecular complexity index is 713. The molecule has 0 aliphatic heterocycles. The van der Waals surface area contributed by atoms with Crippen molar-refractivity contribution in [2.75, 3.05) is 23.8 Å². The number of anilines is 2. The minimum atomic E-state index is -0.0652. The van der Waals surface area contributed by atoms with Gasteiger partial charge in [-0.2, -0.15) is 0 Å². The highest BCUT2D eigenvalue weighted by Crippen LogP contribution is 2.19. The minimum Gasteiger partial charge on any atom is -0.494 e. The van der Waals surface area contributed by atoms with Gasteiger partial charge in [0.2, 0.25) is 5.91 Å². The number of nitrogens with one attached hydrogen (secondary N) is 2.